The monoisotopic (exact) mass is 515 g/mol. The number of nitrogens with zero attached hydrogens (tertiary/aromatic N) is 2. The third kappa shape index (κ3) is 5.03. The molecule has 36 heavy (non-hydrogen) atoms. The lowest BCUT2D eigenvalue weighted by molar-refractivity contribution is 0.102. The first kappa shape index (κ1) is 23.8. The molecule has 0 unspecified atom stereocenters. The molecule has 0 spiro atoms. The van der Waals surface area contributed by atoms with Crippen molar-refractivity contribution in [3.63, 3.8) is 0 Å². The van der Waals surface area contributed by atoms with Crippen LogP contribution in [0.2, 0.25) is 5.02 Å². The van der Waals surface area contributed by atoms with Gasteiger partial charge in [0.2, 0.25) is 5.55 Å². The Labute approximate surface area is 216 Å². The minimum Gasteiger partial charge on any atom is -0.497 e. The second-order valence-electron chi connectivity index (χ2n) is 8.27. The van der Waals surface area contributed by atoms with Crippen LogP contribution < -0.4 is 15.6 Å². The van der Waals surface area contributed by atoms with E-state index in [9.17, 15) is 4.79 Å². The van der Waals surface area contributed by atoms with E-state index in [0.29, 0.717) is 32.6 Å². The van der Waals surface area contributed by atoms with Gasteiger partial charge in [0.1, 0.15) is 16.9 Å². The van der Waals surface area contributed by atoms with Gasteiger partial charge in [-0.05, 0) is 61.9 Å². The van der Waals surface area contributed by atoms with Gasteiger partial charge in [0.05, 0.1) is 18.5 Å². The fraction of sp³-hybridized carbons (Fsp3) is 0.107. The number of ether oxygens (including phenoxy) is 1. The molecule has 0 aliphatic carbocycles. The second-order valence-corrected chi connectivity index (χ2v) is 9.57. The lowest BCUT2D eigenvalue weighted by Crippen LogP contribution is -2.21. The van der Waals surface area contributed by atoms with Crippen LogP contribution in [0.3, 0.4) is 0 Å². The van der Waals surface area contributed by atoms with Gasteiger partial charge >= 0.3 is 0 Å². The van der Waals surface area contributed by atoms with Crippen molar-refractivity contribution in [2.75, 3.05) is 12.4 Å². The Morgan fingerprint density at radius 2 is 1.94 bits per heavy atom. The Hall–Kier alpha value is -3.94. The van der Waals surface area contributed by atoms with Gasteiger partial charge in [-0.25, -0.2) is 9.98 Å². The first-order chi connectivity index (χ1) is 17.4. The zero-order valence-corrected chi connectivity index (χ0v) is 21.4. The summed E-state index contributed by atoms with van der Waals surface area (Å²) < 4.78 is 11.3. The van der Waals surface area contributed by atoms with Crippen molar-refractivity contribution >= 4 is 50.6 Å². The zero-order valence-electron chi connectivity index (χ0n) is 19.8. The molecule has 0 saturated carbocycles. The third-order valence-electron chi connectivity index (χ3n) is 5.63. The molecule has 5 rings (SSSR count). The molecular weight excluding hydrogens is 494 g/mol. The molecule has 0 bridgehead atoms. The summed E-state index contributed by atoms with van der Waals surface area (Å²) in [4.78, 5) is 22.7. The lowest BCUT2D eigenvalue weighted by atomic mass is 10.0. The van der Waals surface area contributed by atoms with Crippen LogP contribution in [0.15, 0.2) is 81.5 Å². The molecule has 180 valence electrons. The minimum absolute atomic E-state index is 0.168. The largest absolute Gasteiger partial charge is 0.497 e. The summed E-state index contributed by atoms with van der Waals surface area (Å²) in [5.74, 6) is 0.265. The van der Waals surface area contributed by atoms with Crippen LogP contribution >= 0.6 is 22.9 Å². The molecule has 1 amide bonds. The SMILES string of the molecule is COc1cccc(N=c2oc3ccc(Cl)cc3cc2C(=O)Nc2nc(-c3cc(C)ccc3C)cs2)c1. The van der Waals surface area contributed by atoms with Crippen molar-refractivity contribution in [1.29, 1.82) is 0 Å². The summed E-state index contributed by atoms with van der Waals surface area (Å²) >= 11 is 7.54. The van der Waals surface area contributed by atoms with Crippen LogP contribution in [-0.4, -0.2) is 18.0 Å². The van der Waals surface area contributed by atoms with Crippen molar-refractivity contribution in [3.8, 4) is 17.0 Å². The fourth-order valence-corrected chi connectivity index (χ4v) is 4.66. The Kier molecular flexibility index (Phi) is 6.59. The zero-order chi connectivity index (χ0) is 25.2. The van der Waals surface area contributed by atoms with E-state index < -0.39 is 0 Å². The molecule has 8 heteroatoms. The number of hydrogen-bond donors (Lipinski definition) is 1. The molecule has 0 aliphatic rings. The highest BCUT2D eigenvalue weighted by molar-refractivity contribution is 7.14. The topological polar surface area (TPSA) is 76.7 Å². The number of rotatable bonds is 5. The van der Waals surface area contributed by atoms with E-state index in [4.69, 9.17) is 20.8 Å². The maximum absolute atomic E-state index is 13.4. The van der Waals surface area contributed by atoms with Crippen molar-refractivity contribution < 1.29 is 13.9 Å². The second kappa shape index (κ2) is 9.97. The van der Waals surface area contributed by atoms with Crippen LogP contribution in [0.4, 0.5) is 10.8 Å². The number of anilines is 1. The van der Waals surface area contributed by atoms with Crippen LogP contribution in [0.25, 0.3) is 22.2 Å². The summed E-state index contributed by atoms with van der Waals surface area (Å²) in [6, 6.07) is 20.4. The highest BCUT2D eigenvalue weighted by atomic mass is 35.5. The van der Waals surface area contributed by atoms with E-state index in [0.717, 1.165) is 22.4 Å². The van der Waals surface area contributed by atoms with Crippen LogP contribution in [-0.2, 0) is 0 Å². The van der Waals surface area contributed by atoms with Gasteiger partial charge in [-0.2, -0.15) is 0 Å². The van der Waals surface area contributed by atoms with Gasteiger partial charge in [0, 0.05) is 27.4 Å². The number of thiazole rings is 1. The highest BCUT2D eigenvalue weighted by Crippen LogP contribution is 2.29. The lowest BCUT2D eigenvalue weighted by Gasteiger charge is -2.06. The standard InChI is InChI=1S/C28H22ClN3O3S/c1-16-7-8-17(2)22(11-16)24-15-36-28(31-24)32-26(33)23-13-18-12-19(29)9-10-25(18)35-27(23)30-20-5-4-6-21(14-20)34-3/h4-15H,1-3H3,(H,31,32,33). The molecule has 6 nitrogen and oxygen atoms in total. The van der Waals surface area contributed by atoms with Gasteiger partial charge in [0.15, 0.2) is 5.13 Å². The molecule has 0 fully saturated rings. The molecule has 0 saturated heterocycles. The van der Waals surface area contributed by atoms with Gasteiger partial charge in [-0.3, -0.25) is 10.1 Å². The normalized spacial score (nSPS) is 11.6. The molecule has 0 radical (unpaired) electrons. The number of fused-ring (bicyclic) bond motifs is 1. The molecule has 0 aliphatic heterocycles. The van der Waals surface area contributed by atoms with Crippen LogP contribution in [0, 0.1) is 13.8 Å². The smallest absolute Gasteiger partial charge is 0.262 e. The van der Waals surface area contributed by atoms with Crippen molar-refractivity contribution in [3.05, 3.63) is 99.4 Å². The summed E-state index contributed by atoms with van der Waals surface area (Å²) in [7, 11) is 1.59. The number of aromatic nitrogens is 1. The van der Waals surface area contributed by atoms with Gasteiger partial charge in [-0.1, -0.05) is 35.4 Å². The minimum atomic E-state index is -0.385. The number of carbonyl (C=O) groups excluding carboxylic acids is 1. The maximum atomic E-state index is 13.4. The number of amides is 1. The van der Waals surface area contributed by atoms with E-state index in [2.05, 4.69) is 33.5 Å². The molecule has 2 aromatic heterocycles. The van der Waals surface area contributed by atoms with E-state index in [1.807, 2.05) is 37.4 Å². The number of nitrogens with one attached hydrogen (secondary N) is 1. The first-order valence-corrected chi connectivity index (χ1v) is 12.4. The number of hydrogen-bond acceptors (Lipinski definition) is 6. The van der Waals surface area contributed by atoms with E-state index in [-0.39, 0.29) is 17.0 Å². The Morgan fingerprint density at radius 1 is 1.08 bits per heavy atom. The quantitative estimate of drug-likeness (QED) is 0.266. The summed E-state index contributed by atoms with van der Waals surface area (Å²) in [5, 5.41) is 6.55. The molecule has 2 heterocycles. The number of benzene rings is 3. The number of aryl methyl sites for hydroxylation is 2. The average molecular weight is 516 g/mol. The number of carbonyl (C=O) groups is 1. The summed E-state index contributed by atoms with van der Waals surface area (Å²) in [6.07, 6.45) is 0. The predicted octanol–water partition coefficient (Wildman–Crippen LogP) is 7.32. The van der Waals surface area contributed by atoms with Crippen molar-refractivity contribution in [2.45, 2.75) is 13.8 Å². The number of methoxy groups -OCH3 is 1. The highest BCUT2D eigenvalue weighted by Gasteiger charge is 2.16. The molecular formula is C28H22ClN3O3S. The number of halogens is 1. The van der Waals surface area contributed by atoms with Gasteiger partial charge in [-0.15, -0.1) is 11.3 Å². The Bertz CT molecular complexity index is 1670. The first-order valence-electron chi connectivity index (χ1n) is 11.2. The average Bonchev–Trinajstić information content (AvgIpc) is 3.33. The fourth-order valence-electron chi connectivity index (χ4n) is 3.78. The van der Waals surface area contributed by atoms with Crippen LogP contribution in [0.5, 0.6) is 5.75 Å². The predicted molar refractivity (Wildman–Crippen MR) is 144 cm³/mol. The van der Waals surface area contributed by atoms with Crippen molar-refractivity contribution in [2.24, 2.45) is 4.99 Å². The molecule has 0 atom stereocenters. The van der Waals surface area contributed by atoms with Crippen molar-refractivity contribution in [1.82, 2.24) is 4.98 Å². The van der Waals surface area contributed by atoms with Gasteiger partial charge < -0.3 is 9.15 Å². The van der Waals surface area contributed by atoms with Gasteiger partial charge in [0.25, 0.3) is 5.91 Å². The molecule has 1 N–H and O–H groups in total. The van der Waals surface area contributed by atoms with Crippen LogP contribution in [0.1, 0.15) is 21.5 Å². The van der Waals surface area contributed by atoms with E-state index in [1.165, 1.54) is 11.3 Å². The van der Waals surface area contributed by atoms with E-state index in [1.54, 1.807) is 37.4 Å². The maximum Gasteiger partial charge on any atom is 0.262 e. The summed E-state index contributed by atoms with van der Waals surface area (Å²) in [6.45, 7) is 4.08. The Balaban J connectivity index is 1.55. The third-order valence-corrected chi connectivity index (χ3v) is 6.62. The Morgan fingerprint density at radius 3 is 2.78 bits per heavy atom. The summed E-state index contributed by atoms with van der Waals surface area (Å²) in [5.41, 5.74) is 5.69. The molecule has 5 aromatic rings. The van der Waals surface area contributed by atoms with E-state index >= 15 is 0 Å². The molecule has 3 aromatic carbocycles.